The Hall–Kier alpha value is -1.52. The van der Waals surface area contributed by atoms with Crippen LogP contribution < -0.4 is 0 Å². The fourth-order valence-corrected chi connectivity index (χ4v) is 2.91. The number of morpholine rings is 1. The molecule has 1 aliphatic heterocycles. The number of halogens is 2. The van der Waals surface area contributed by atoms with Gasteiger partial charge in [-0.15, -0.1) is 0 Å². The van der Waals surface area contributed by atoms with E-state index in [1.54, 1.807) is 13.0 Å². The number of carbonyl (C=O) groups excluding carboxylic acids is 1. The van der Waals surface area contributed by atoms with E-state index in [-0.39, 0.29) is 17.7 Å². The van der Waals surface area contributed by atoms with Gasteiger partial charge in [-0.05, 0) is 47.7 Å². The van der Waals surface area contributed by atoms with Crippen LogP contribution in [0.25, 0.3) is 5.76 Å². The quantitative estimate of drug-likeness (QED) is 0.216. The van der Waals surface area contributed by atoms with E-state index in [1.807, 2.05) is 22.6 Å². The van der Waals surface area contributed by atoms with Gasteiger partial charge < -0.3 is 14.6 Å². The van der Waals surface area contributed by atoms with Crippen molar-refractivity contribution in [1.29, 1.82) is 0 Å². The average molecular weight is 476 g/mol. The third-order valence-corrected chi connectivity index (χ3v) is 4.47. The van der Waals surface area contributed by atoms with Crippen molar-refractivity contribution in [3.05, 3.63) is 38.7 Å². The summed E-state index contributed by atoms with van der Waals surface area (Å²) in [6, 6.07) is 4.28. The van der Waals surface area contributed by atoms with E-state index in [4.69, 9.17) is 9.47 Å². The second-order valence-electron chi connectivity index (χ2n) is 5.60. The molecule has 8 heteroatoms. The molecule has 1 N–H and O–H groups in total. The first-order chi connectivity index (χ1) is 12.5. The van der Waals surface area contributed by atoms with Crippen LogP contribution in [0.15, 0.2) is 28.8 Å². The van der Waals surface area contributed by atoms with Gasteiger partial charge in [0.25, 0.3) is 0 Å². The van der Waals surface area contributed by atoms with Gasteiger partial charge in [-0.2, -0.15) is 0 Å². The molecule has 0 aliphatic carbocycles. The topological polar surface area (TPSA) is 71.4 Å². The molecule has 0 radical (unpaired) electrons. The highest BCUT2D eigenvalue weighted by Crippen LogP contribution is 2.22. The lowest BCUT2D eigenvalue weighted by atomic mass is 10.1. The molecule has 2 rings (SSSR count). The van der Waals surface area contributed by atoms with E-state index >= 15 is 0 Å². The lowest BCUT2D eigenvalue weighted by Gasteiger charge is -2.25. The van der Waals surface area contributed by atoms with Gasteiger partial charge in [-0.1, -0.05) is 0 Å². The average Bonchev–Trinajstić information content (AvgIpc) is 2.64. The summed E-state index contributed by atoms with van der Waals surface area (Å²) in [5, 5.41) is 10.4. The molecule has 0 spiro atoms. The number of aliphatic imine (C=N–C) groups is 1. The van der Waals surface area contributed by atoms with Crippen molar-refractivity contribution in [2.24, 2.45) is 4.99 Å². The zero-order valence-corrected chi connectivity index (χ0v) is 16.7. The maximum absolute atomic E-state index is 14.0. The van der Waals surface area contributed by atoms with Crippen molar-refractivity contribution in [2.75, 3.05) is 46.0 Å². The molecule has 1 heterocycles. The minimum Gasteiger partial charge on any atom is -0.506 e. The van der Waals surface area contributed by atoms with Crippen LogP contribution in [0, 0.1) is 9.39 Å². The maximum Gasteiger partial charge on any atom is 0.343 e. The van der Waals surface area contributed by atoms with Gasteiger partial charge in [0, 0.05) is 29.4 Å². The first kappa shape index (κ1) is 20.8. The minimum absolute atomic E-state index is 0.0559. The zero-order valence-electron chi connectivity index (χ0n) is 14.6. The van der Waals surface area contributed by atoms with Crippen LogP contribution in [0.5, 0.6) is 0 Å². The predicted molar refractivity (Wildman–Crippen MR) is 106 cm³/mol. The van der Waals surface area contributed by atoms with E-state index in [2.05, 4.69) is 9.89 Å². The highest BCUT2D eigenvalue weighted by Gasteiger charge is 2.19. The molecule has 1 fully saturated rings. The van der Waals surface area contributed by atoms with Gasteiger partial charge in [0.1, 0.15) is 17.1 Å². The Morgan fingerprint density at radius 3 is 2.88 bits per heavy atom. The molecule has 1 saturated heterocycles. The molecule has 1 aromatic carbocycles. The normalized spacial score (nSPS) is 16.6. The number of ether oxygens (including phenoxy) is 2. The molecule has 0 bridgehead atoms. The molecule has 142 valence electrons. The summed E-state index contributed by atoms with van der Waals surface area (Å²) in [6.07, 6.45) is 1.26. The van der Waals surface area contributed by atoms with Crippen LogP contribution in [0.4, 0.5) is 4.39 Å². The third kappa shape index (κ3) is 6.03. The van der Waals surface area contributed by atoms with Crippen LogP contribution in [-0.4, -0.2) is 68.2 Å². The summed E-state index contributed by atoms with van der Waals surface area (Å²) in [5.74, 6) is -1.83. The Morgan fingerprint density at radius 1 is 1.46 bits per heavy atom. The third-order valence-electron chi connectivity index (χ3n) is 3.80. The van der Waals surface area contributed by atoms with Crippen molar-refractivity contribution in [1.82, 2.24) is 4.90 Å². The monoisotopic (exact) mass is 476 g/mol. The molecule has 6 nitrogen and oxygen atoms in total. The van der Waals surface area contributed by atoms with E-state index in [0.29, 0.717) is 26.3 Å². The maximum atomic E-state index is 14.0. The van der Waals surface area contributed by atoms with E-state index in [0.717, 1.165) is 16.7 Å². The van der Waals surface area contributed by atoms with Crippen molar-refractivity contribution in [2.45, 2.75) is 6.92 Å². The minimum atomic E-state index is -0.738. The number of carbonyl (C=O) groups is 1. The molecule has 0 amide bonds. The van der Waals surface area contributed by atoms with Crippen molar-refractivity contribution < 1.29 is 23.8 Å². The second kappa shape index (κ2) is 10.6. The summed E-state index contributed by atoms with van der Waals surface area (Å²) >= 11 is 2.01. The number of hydrogen-bond donors (Lipinski definition) is 1. The van der Waals surface area contributed by atoms with Gasteiger partial charge in [-0.25, -0.2) is 9.18 Å². The number of benzene rings is 1. The zero-order chi connectivity index (χ0) is 18.9. The number of rotatable bonds is 7. The standard InChI is InChI=1S/C18H22FIN2O4/c1-2-26-18(24)15(12-21-5-6-22-7-9-25-10-8-22)17(23)14-11-13(20)3-4-16(14)19/h3-4,11-12,23H,2,5-10H2,1H3/b17-15-,21-12?. The van der Waals surface area contributed by atoms with E-state index in [9.17, 15) is 14.3 Å². The Bertz CT molecular complexity index is 688. The van der Waals surface area contributed by atoms with Crippen LogP contribution >= 0.6 is 22.6 Å². The van der Waals surface area contributed by atoms with E-state index in [1.165, 1.54) is 18.3 Å². The molecule has 26 heavy (non-hydrogen) atoms. The van der Waals surface area contributed by atoms with Gasteiger partial charge in [0.2, 0.25) is 0 Å². The number of aliphatic hydroxyl groups is 1. The van der Waals surface area contributed by atoms with Crippen LogP contribution in [-0.2, 0) is 14.3 Å². The Kier molecular flexibility index (Phi) is 8.46. The summed E-state index contributed by atoms with van der Waals surface area (Å²) in [5.41, 5.74) is -0.214. The Balaban J connectivity index is 2.17. The van der Waals surface area contributed by atoms with Crippen LogP contribution in [0.2, 0.25) is 0 Å². The number of aliphatic hydroxyl groups excluding tert-OH is 1. The van der Waals surface area contributed by atoms with Gasteiger partial charge in [-0.3, -0.25) is 9.89 Å². The number of hydrogen-bond acceptors (Lipinski definition) is 6. The highest BCUT2D eigenvalue weighted by atomic mass is 127. The van der Waals surface area contributed by atoms with Crippen molar-refractivity contribution in [3.8, 4) is 0 Å². The van der Waals surface area contributed by atoms with Crippen LogP contribution in [0.3, 0.4) is 0 Å². The predicted octanol–water partition coefficient (Wildman–Crippen LogP) is 2.67. The lowest BCUT2D eigenvalue weighted by Crippen LogP contribution is -2.37. The van der Waals surface area contributed by atoms with E-state index < -0.39 is 17.5 Å². The van der Waals surface area contributed by atoms with Crippen molar-refractivity contribution >= 4 is 40.5 Å². The number of esters is 1. The molecule has 0 saturated carbocycles. The molecule has 1 aromatic rings. The Labute approximate surface area is 165 Å². The van der Waals surface area contributed by atoms with Crippen LogP contribution in [0.1, 0.15) is 12.5 Å². The summed E-state index contributed by atoms with van der Waals surface area (Å²) in [6.45, 7) is 6.05. The second-order valence-corrected chi connectivity index (χ2v) is 6.84. The van der Waals surface area contributed by atoms with Gasteiger partial charge >= 0.3 is 5.97 Å². The Morgan fingerprint density at radius 2 is 2.19 bits per heavy atom. The largest absolute Gasteiger partial charge is 0.506 e. The molecular formula is C18H22FIN2O4. The summed E-state index contributed by atoms with van der Waals surface area (Å²) in [4.78, 5) is 18.6. The highest BCUT2D eigenvalue weighted by molar-refractivity contribution is 14.1. The fraction of sp³-hybridized carbons (Fsp3) is 0.444. The SMILES string of the molecule is CCOC(=O)/C(C=NCCN1CCOCC1)=C(\O)c1cc(I)ccc1F. The number of nitrogens with zero attached hydrogens (tertiary/aromatic N) is 2. The molecule has 0 atom stereocenters. The first-order valence-corrected chi connectivity index (χ1v) is 9.46. The molecule has 1 aliphatic rings. The van der Waals surface area contributed by atoms with Gasteiger partial charge in [0.05, 0.1) is 31.9 Å². The summed E-state index contributed by atoms with van der Waals surface area (Å²) < 4.78 is 25.0. The summed E-state index contributed by atoms with van der Waals surface area (Å²) in [7, 11) is 0. The smallest absolute Gasteiger partial charge is 0.343 e. The van der Waals surface area contributed by atoms with Gasteiger partial charge in [0.15, 0.2) is 0 Å². The molecular weight excluding hydrogens is 454 g/mol. The lowest BCUT2D eigenvalue weighted by molar-refractivity contribution is -0.137. The molecule has 0 aromatic heterocycles. The fourth-order valence-electron chi connectivity index (χ4n) is 2.42. The molecule has 0 unspecified atom stereocenters. The first-order valence-electron chi connectivity index (χ1n) is 8.38. The van der Waals surface area contributed by atoms with Crippen molar-refractivity contribution in [3.63, 3.8) is 0 Å².